The molecule has 1 aromatic rings. The largest absolute Gasteiger partial charge is 0.369 e. The second kappa shape index (κ2) is 5.80. The van der Waals surface area contributed by atoms with Crippen LogP contribution >= 0.6 is 0 Å². The maximum absolute atomic E-state index is 12.2. The molecule has 1 saturated heterocycles. The third-order valence-corrected chi connectivity index (χ3v) is 3.39. The van der Waals surface area contributed by atoms with E-state index in [1.165, 1.54) is 0 Å². The zero-order valence-corrected chi connectivity index (χ0v) is 11.0. The van der Waals surface area contributed by atoms with Gasteiger partial charge in [0.1, 0.15) is 5.82 Å². The summed E-state index contributed by atoms with van der Waals surface area (Å²) in [6.07, 6.45) is 2.24. The highest BCUT2D eigenvalue weighted by Crippen LogP contribution is 2.20. The minimum Gasteiger partial charge on any atom is -0.369 e. The first-order valence-electron chi connectivity index (χ1n) is 6.61. The van der Waals surface area contributed by atoms with Gasteiger partial charge < -0.3 is 10.2 Å². The van der Waals surface area contributed by atoms with Gasteiger partial charge in [-0.2, -0.15) is 0 Å². The molecule has 0 saturated carbocycles. The van der Waals surface area contributed by atoms with Crippen LogP contribution in [0.5, 0.6) is 0 Å². The number of nitrogens with zero attached hydrogens (tertiary/aromatic N) is 3. The molecular formula is C13H20N4O. The monoisotopic (exact) mass is 248 g/mol. The van der Waals surface area contributed by atoms with E-state index in [1.54, 1.807) is 12.1 Å². The number of rotatable bonds is 4. The number of amides is 1. The van der Waals surface area contributed by atoms with Gasteiger partial charge in [0.25, 0.3) is 5.91 Å². The lowest BCUT2D eigenvalue weighted by atomic mass is 10.1. The van der Waals surface area contributed by atoms with Crippen molar-refractivity contribution in [3.63, 3.8) is 0 Å². The fourth-order valence-electron chi connectivity index (χ4n) is 2.23. The molecule has 0 bridgehead atoms. The van der Waals surface area contributed by atoms with E-state index in [1.807, 2.05) is 11.8 Å². The van der Waals surface area contributed by atoms with Gasteiger partial charge in [-0.25, -0.2) is 0 Å². The van der Waals surface area contributed by atoms with Gasteiger partial charge in [-0.05, 0) is 31.4 Å². The molecule has 1 aromatic heterocycles. The van der Waals surface area contributed by atoms with Gasteiger partial charge in [0, 0.05) is 19.6 Å². The van der Waals surface area contributed by atoms with Gasteiger partial charge in [0.2, 0.25) is 0 Å². The Hall–Kier alpha value is -1.65. The molecule has 2 rings (SSSR count). The Labute approximate surface area is 108 Å². The van der Waals surface area contributed by atoms with E-state index in [9.17, 15) is 4.79 Å². The predicted molar refractivity (Wildman–Crippen MR) is 70.5 cm³/mol. The highest BCUT2D eigenvalue weighted by molar-refractivity contribution is 5.92. The summed E-state index contributed by atoms with van der Waals surface area (Å²) in [7, 11) is 0. The highest BCUT2D eigenvalue weighted by atomic mass is 16.2. The molecule has 1 aliphatic heterocycles. The Morgan fingerprint density at radius 2 is 2.28 bits per heavy atom. The van der Waals surface area contributed by atoms with E-state index in [4.69, 9.17) is 0 Å². The van der Waals surface area contributed by atoms with Gasteiger partial charge in [-0.15, -0.1) is 10.2 Å². The standard InChI is InChI=1S/C13H20N4O/c1-3-10-7-8-17(9-10)13(18)11-5-6-12(14-4-2)16-15-11/h5-6,10H,3-4,7-9H2,1-2H3,(H,14,16). The van der Waals surface area contributed by atoms with Crippen LogP contribution in [-0.2, 0) is 0 Å². The Balaban J connectivity index is 2.00. The third-order valence-electron chi connectivity index (χ3n) is 3.39. The van der Waals surface area contributed by atoms with Crippen LogP contribution < -0.4 is 5.32 Å². The molecule has 0 aliphatic carbocycles. The average molecular weight is 248 g/mol. The third kappa shape index (κ3) is 2.78. The Kier molecular flexibility index (Phi) is 4.12. The van der Waals surface area contributed by atoms with Crippen LogP contribution in [-0.4, -0.2) is 40.6 Å². The van der Waals surface area contributed by atoms with E-state index in [0.29, 0.717) is 17.4 Å². The number of hydrogen-bond donors (Lipinski definition) is 1. The summed E-state index contributed by atoms with van der Waals surface area (Å²) in [6.45, 7) is 6.66. The first kappa shape index (κ1) is 12.8. The number of nitrogens with one attached hydrogen (secondary N) is 1. The summed E-state index contributed by atoms with van der Waals surface area (Å²) in [5.41, 5.74) is 0.438. The predicted octanol–water partition coefficient (Wildman–Crippen LogP) is 1.78. The minimum absolute atomic E-state index is 0.00139. The smallest absolute Gasteiger partial charge is 0.274 e. The molecule has 1 fully saturated rings. The van der Waals surface area contributed by atoms with Crippen LogP contribution in [0.15, 0.2) is 12.1 Å². The molecular weight excluding hydrogens is 228 g/mol. The lowest BCUT2D eigenvalue weighted by Gasteiger charge is -2.15. The van der Waals surface area contributed by atoms with Crippen molar-refractivity contribution in [3.05, 3.63) is 17.8 Å². The summed E-state index contributed by atoms with van der Waals surface area (Å²) in [5.74, 6) is 1.35. The molecule has 0 radical (unpaired) electrons. The topological polar surface area (TPSA) is 58.1 Å². The lowest BCUT2D eigenvalue weighted by Crippen LogP contribution is -2.29. The molecule has 5 heteroatoms. The van der Waals surface area contributed by atoms with Crippen molar-refractivity contribution < 1.29 is 4.79 Å². The molecule has 18 heavy (non-hydrogen) atoms. The molecule has 1 amide bonds. The van der Waals surface area contributed by atoms with Crippen LogP contribution in [0.3, 0.4) is 0 Å². The van der Waals surface area contributed by atoms with Gasteiger partial charge in [0.05, 0.1) is 0 Å². The molecule has 5 nitrogen and oxygen atoms in total. The second-order valence-corrected chi connectivity index (χ2v) is 4.65. The first-order chi connectivity index (χ1) is 8.74. The van der Waals surface area contributed by atoms with Gasteiger partial charge in [-0.3, -0.25) is 4.79 Å². The SMILES string of the molecule is CCNc1ccc(C(=O)N2CCC(CC)C2)nn1. The summed E-state index contributed by atoms with van der Waals surface area (Å²) < 4.78 is 0. The van der Waals surface area contributed by atoms with E-state index < -0.39 is 0 Å². The molecule has 2 heterocycles. The van der Waals surface area contributed by atoms with Crippen LogP contribution in [0.2, 0.25) is 0 Å². The maximum atomic E-state index is 12.2. The van der Waals surface area contributed by atoms with Gasteiger partial charge in [0.15, 0.2) is 5.69 Å². The highest BCUT2D eigenvalue weighted by Gasteiger charge is 2.26. The molecule has 98 valence electrons. The van der Waals surface area contributed by atoms with Crippen molar-refractivity contribution in [2.75, 3.05) is 25.0 Å². The quantitative estimate of drug-likeness (QED) is 0.882. The van der Waals surface area contributed by atoms with Gasteiger partial charge in [-0.1, -0.05) is 13.3 Å². The number of aromatic nitrogens is 2. The van der Waals surface area contributed by atoms with Crippen molar-refractivity contribution in [2.45, 2.75) is 26.7 Å². The summed E-state index contributed by atoms with van der Waals surface area (Å²) in [5, 5.41) is 11.0. The first-order valence-corrected chi connectivity index (χ1v) is 6.61. The number of likely N-dealkylation sites (tertiary alicyclic amines) is 1. The maximum Gasteiger partial charge on any atom is 0.274 e. The fraction of sp³-hybridized carbons (Fsp3) is 0.615. The van der Waals surface area contributed by atoms with Crippen molar-refractivity contribution in [2.24, 2.45) is 5.92 Å². The zero-order valence-electron chi connectivity index (χ0n) is 11.0. The van der Waals surface area contributed by atoms with Crippen LogP contribution in [0, 0.1) is 5.92 Å². The molecule has 1 unspecified atom stereocenters. The molecule has 0 spiro atoms. The van der Waals surface area contributed by atoms with E-state index >= 15 is 0 Å². The van der Waals surface area contributed by atoms with E-state index in [2.05, 4.69) is 22.4 Å². The van der Waals surface area contributed by atoms with Crippen LogP contribution in [0.25, 0.3) is 0 Å². The summed E-state index contributed by atoms with van der Waals surface area (Å²) in [6, 6.07) is 3.55. The van der Waals surface area contributed by atoms with Crippen molar-refractivity contribution in [1.82, 2.24) is 15.1 Å². The number of carbonyl (C=O) groups is 1. The molecule has 0 aromatic carbocycles. The molecule has 1 N–H and O–H groups in total. The van der Waals surface area contributed by atoms with Gasteiger partial charge >= 0.3 is 0 Å². The van der Waals surface area contributed by atoms with E-state index in [-0.39, 0.29) is 5.91 Å². The normalized spacial score (nSPS) is 19.0. The molecule has 1 atom stereocenters. The molecule has 1 aliphatic rings. The van der Waals surface area contributed by atoms with Crippen molar-refractivity contribution in [3.8, 4) is 0 Å². The lowest BCUT2D eigenvalue weighted by molar-refractivity contribution is 0.0780. The number of hydrogen-bond acceptors (Lipinski definition) is 4. The number of carbonyl (C=O) groups excluding carboxylic acids is 1. The Bertz CT molecular complexity index is 404. The van der Waals surface area contributed by atoms with E-state index in [0.717, 1.165) is 32.5 Å². The van der Waals surface area contributed by atoms with Crippen LogP contribution in [0.1, 0.15) is 37.2 Å². The minimum atomic E-state index is 0.00139. The Morgan fingerprint density at radius 3 is 2.83 bits per heavy atom. The van der Waals surface area contributed by atoms with Crippen molar-refractivity contribution in [1.29, 1.82) is 0 Å². The zero-order chi connectivity index (χ0) is 13.0. The summed E-state index contributed by atoms with van der Waals surface area (Å²) >= 11 is 0. The van der Waals surface area contributed by atoms with Crippen LogP contribution in [0.4, 0.5) is 5.82 Å². The second-order valence-electron chi connectivity index (χ2n) is 4.65. The number of anilines is 1. The van der Waals surface area contributed by atoms with Crippen molar-refractivity contribution >= 4 is 11.7 Å². The average Bonchev–Trinajstić information content (AvgIpc) is 2.88. The fourth-order valence-corrected chi connectivity index (χ4v) is 2.23. The Morgan fingerprint density at radius 1 is 1.44 bits per heavy atom. The summed E-state index contributed by atoms with van der Waals surface area (Å²) in [4.78, 5) is 14.1.